The van der Waals surface area contributed by atoms with Crippen LogP contribution in [0.4, 0.5) is 11.4 Å². The van der Waals surface area contributed by atoms with Crippen LogP contribution in [0.2, 0.25) is 5.02 Å². The van der Waals surface area contributed by atoms with Crippen LogP contribution in [0.25, 0.3) is 32.5 Å². The Balaban J connectivity index is 1.91. The lowest BCUT2D eigenvalue weighted by atomic mass is 10.0. The summed E-state index contributed by atoms with van der Waals surface area (Å²) in [5.41, 5.74) is 15.9. The average molecular weight is 440 g/mol. The van der Waals surface area contributed by atoms with Crippen LogP contribution < -0.4 is 5.32 Å². The molecule has 0 fully saturated rings. The molecule has 4 aromatic rings. The van der Waals surface area contributed by atoms with Gasteiger partial charge in [0.05, 0.1) is 28.5 Å². The predicted octanol–water partition coefficient (Wildman–Crippen LogP) is 6.99. The summed E-state index contributed by atoms with van der Waals surface area (Å²) in [4.78, 5) is 11.6. The van der Waals surface area contributed by atoms with Crippen LogP contribution in [-0.4, -0.2) is 9.97 Å². The molecule has 0 saturated carbocycles. The van der Waals surface area contributed by atoms with Crippen LogP contribution in [0.1, 0.15) is 22.5 Å². The minimum atomic E-state index is 0.0496. The third-order valence-corrected chi connectivity index (χ3v) is 5.55. The SMILES string of the molecule is Cc1ccc(C)c(Nc2c(Cl)c(CN=[N+]=[N-])nc3ccc(-c4ccc(C#N)nc4)cc23)c1. The maximum absolute atomic E-state index is 9.00. The van der Waals surface area contributed by atoms with Crippen LogP contribution in [0.5, 0.6) is 0 Å². The van der Waals surface area contributed by atoms with Gasteiger partial charge in [-0.15, -0.1) is 0 Å². The van der Waals surface area contributed by atoms with Crippen molar-refractivity contribution in [2.45, 2.75) is 20.4 Å². The molecule has 0 spiro atoms. The minimum absolute atomic E-state index is 0.0496. The standard InChI is InChI=1S/C24H18ClN7/c1-14-3-4-15(2)21(9-14)31-24-19-10-16(17-5-7-18(11-26)28-12-17)6-8-20(19)30-22(23(24)25)13-29-32-27/h3-10,12H,13H2,1-2H3,(H,30,31). The number of fused-ring (bicyclic) bond motifs is 1. The van der Waals surface area contributed by atoms with Gasteiger partial charge in [0.2, 0.25) is 0 Å². The summed E-state index contributed by atoms with van der Waals surface area (Å²) in [5, 5.41) is 17.3. The maximum atomic E-state index is 9.00. The Morgan fingerprint density at radius 3 is 2.66 bits per heavy atom. The number of nitrogens with one attached hydrogen (secondary N) is 1. The molecule has 2 aromatic carbocycles. The summed E-state index contributed by atoms with van der Waals surface area (Å²) in [6.07, 6.45) is 1.67. The van der Waals surface area contributed by atoms with Crippen LogP contribution in [0.3, 0.4) is 0 Å². The summed E-state index contributed by atoms with van der Waals surface area (Å²) >= 11 is 6.75. The van der Waals surface area contributed by atoms with Gasteiger partial charge in [0, 0.05) is 27.7 Å². The molecule has 0 radical (unpaired) electrons. The Labute approximate surface area is 190 Å². The third-order valence-electron chi connectivity index (χ3n) is 5.14. The normalized spacial score (nSPS) is 10.4. The Morgan fingerprint density at radius 1 is 1.12 bits per heavy atom. The highest BCUT2D eigenvalue weighted by atomic mass is 35.5. The lowest BCUT2D eigenvalue weighted by Gasteiger charge is -2.17. The maximum Gasteiger partial charge on any atom is 0.140 e. The smallest absolute Gasteiger partial charge is 0.140 e. The Kier molecular flexibility index (Phi) is 5.91. The molecular weight excluding hydrogens is 422 g/mol. The van der Waals surface area contributed by atoms with Gasteiger partial charge in [-0.3, -0.25) is 4.98 Å². The average Bonchev–Trinajstić information content (AvgIpc) is 2.81. The van der Waals surface area contributed by atoms with Gasteiger partial charge >= 0.3 is 0 Å². The number of azide groups is 1. The monoisotopic (exact) mass is 439 g/mol. The molecule has 2 heterocycles. The highest BCUT2D eigenvalue weighted by molar-refractivity contribution is 6.35. The summed E-state index contributed by atoms with van der Waals surface area (Å²) in [6.45, 7) is 4.10. The van der Waals surface area contributed by atoms with Gasteiger partial charge < -0.3 is 5.32 Å². The predicted molar refractivity (Wildman–Crippen MR) is 127 cm³/mol. The summed E-state index contributed by atoms with van der Waals surface area (Å²) in [6, 6.07) is 17.5. The van der Waals surface area contributed by atoms with E-state index in [1.54, 1.807) is 12.3 Å². The van der Waals surface area contributed by atoms with Crippen LogP contribution in [-0.2, 0) is 6.54 Å². The zero-order chi connectivity index (χ0) is 22.7. The van der Waals surface area contributed by atoms with E-state index in [1.165, 1.54) is 0 Å². The first-order valence-electron chi connectivity index (χ1n) is 9.84. The summed E-state index contributed by atoms with van der Waals surface area (Å²) in [5.74, 6) is 0. The van der Waals surface area contributed by atoms with Gasteiger partial charge in [0.15, 0.2) is 0 Å². The van der Waals surface area contributed by atoms with E-state index in [1.807, 2.05) is 50.2 Å². The van der Waals surface area contributed by atoms with Gasteiger partial charge in [-0.05, 0) is 66.4 Å². The number of pyridine rings is 2. The topological polar surface area (TPSA) is 110 Å². The van der Waals surface area contributed by atoms with Crippen molar-refractivity contribution in [1.29, 1.82) is 5.26 Å². The number of benzene rings is 2. The van der Waals surface area contributed by atoms with Gasteiger partial charge in [-0.2, -0.15) is 5.26 Å². The molecule has 0 aliphatic heterocycles. The lowest BCUT2D eigenvalue weighted by molar-refractivity contribution is 0.991. The fourth-order valence-electron chi connectivity index (χ4n) is 3.43. The fraction of sp³-hybridized carbons (Fsp3) is 0.125. The molecule has 0 aliphatic rings. The number of nitriles is 1. The van der Waals surface area contributed by atoms with Gasteiger partial charge in [-0.25, -0.2) is 4.98 Å². The van der Waals surface area contributed by atoms with Crippen molar-refractivity contribution in [3.63, 3.8) is 0 Å². The first kappa shape index (κ1) is 21.1. The van der Waals surface area contributed by atoms with E-state index < -0.39 is 0 Å². The first-order valence-corrected chi connectivity index (χ1v) is 10.2. The highest BCUT2D eigenvalue weighted by Crippen LogP contribution is 2.38. The molecule has 8 heteroatoms. The minimum Gasteiger partial charge on any atom is -0.353 e. The number of aromatic nitrogens is 2. The molecule has 1 N–H and O–H groups in total. The van der Waals surface area contributed by atoms with E-state index in [-0.39, 0.29) is 6.54 Å². The lowest BCUT2D eigenvalue weighted by Crippen LogP contribution is -2.01. The largest absolute Gasteiger partial charge is 0.353 e. The van der Waals surface area contributed by atoms with Crippen LogP contribution >= 0.6 is 11.6 Å². The van der Waals surface area contributed by atoms with E-state index in [0.717, 1.165) is 38.8 Å². The number of rotatable bonds is 5. The number of hydrogen-bond acceptors (Lipinski definition) is 5. The molecule has 0 atom stereocenters. The number of aryl methyl sites for hydroxylation is 2. The van der Waals surface area contributed by atoms with Crippen molar-refractivity contribution in [3.05, 3.63) is 92.7 Å². The van der Waals surface area contributed by atoms with Gasteiger partial charge in [-0.1, -0.05) is 34.9 Å². The molecule has 2 aromatic heterocycles. The molecule has 0 amide bonds. The van der Waals surface area contributed by atoms with E-state index >= 15 is 0 Å². The number of anilines is 2. The molecule has 0 aliphatic carbocycles. The van der Waals surface area contributed by atoms with E-state index in [2.05, 4.69) is 37.4 Å². The van der Waals surface area contributed by atoms with E-state index in [9.17, 15) is 0 Å². The van der Waals surface area contributed by atoms with Crippen molar-refractivity contribution in [3.8, 4) is 17.2 Å². The molecule has 32 heavy (non-hydrogen) atoms. The first-order chi connectivity index (χ1) is 15.5. The van der Waals surface area contributed by atoms with E-state index in [0.29, 0.717) is 22.1 Å². The highest BCUT2D eigenvalue weighted by Gasteiger charge is 2.15. The van der Waals surface area contributed by atoms with Crippen molar-refractivity contribution < 1.29 is 0 Å². The molecule has 7 nitrogen and oxygen atoms in total. The Bertz CT molecular complexity index is 1420. The van der Waals surface area contributed by atoms with Crippen molar-refractivity contribution in [2.24, 2.45) is 5.11 Å². The quantitative estimate of drug-likeness (QED) is 0.205. The fourth-order valence-corrected chi connectivity index (χ4v) is 3.68. The molecule has 156 valence electrons. The summed E-state index contributed by atoms with van der Waals surface area (Å²) in [7, 11) is 0. The van der Waals surface area contributed by atoms with E-state index in [4.69, 9.17) is 22.4 Å². The van der Waals surface area contributed by atoms with Gasteiger partial charge in [0.25, 0.3) is 0 Å². The van der Waals surface area contributed by atoms with Gasteiger partial charge in [0.1, 0.15) is 11.8 Å². The summed E-state index contributed by atoms with van der Waals surface area (Å²) < 4.78 is 0. The second-order valence-electron chi connectivity index (χ2n) is 7.36. The number of hydrogen-bond donors (Lipinski definition) is 1. The molecule has 4 rings (SSSR count). The molecule has 0 unspecified atom stereocenters. The number of halogens is 1. The second kappa shape index (κ2) is 8.94. The second-order valence-corrected chi connectivity index (χ2v) is 7.73. The Hall–Kier alpha value is -4.11. The third kappa shape index (κ3) is 4.19. The zero-order valence-electron chi connectivity index (χ0n) is 17.5. The van der Waals surface area contributed by atoms with Crippen molar-refractivity contribution >= 4 is 33.9 Å². The Morgan fingerprint density at radius 2 is 1.94 bits per heavy atom. The van der Waals surface area contributed by atoms with Crippen molar-refractivity contribution in [2.75, 3.05) is 5.32 Å². The van der Waals surface area contributed by atoms with Crippen LogP contribution in [0.15, 0.2) is 59.8 Å². The molecule has 0 bridgehead atoms. The van der Waals surface area contributed by atoms with Crippen LogP contribution in [0, 0.1) is 25.2 Å². The molecular formula is C24H18ClN7. The molecule has 0 saturated heterocycles. The number of nitrogens with zero attached hydrogens (tertiary/aromatic N) is 6. The van der Waals surface area contributed by atoms with Crippen molar-refractivity contribution in [1.82, 2.24) is 9.97 Å². The zero-order valence-corrected chi connectivity index (χ0v) is 18.2.